The molecule has 1 N–H and O–H groups in total. The lowest BCUT2D eigenvalue weighted by Gasteiger charge is -2.30. The third kappa shape index (κ3) is 2.98. The number of nitrogens with one attached hydrogen (secondary N) is 1. The highest BCUT2D eigenvalue weighted by Gasteiger charge is 2.20. The van der Waals surface area contributed by atoms with Gasteiger partial charge >= 0.3 is 6.09 Å². The molecule has 134 valence electrons. The maximum Gasteiger partial charge on any atom is 0.411 e. The van der Waals surface area contributed by atoms with E-state index in [4.69, 9.17) is 9.72 Å². The quantitative estimate of drug-likeness (QED) is 0.777. The van der Waals surface area contributed by atoms with Gasteiger partial charge in [-0.3, -0.25) is 5.32 Å². The monoisotopic (exact) mass is 350 g/mol. The molecule has 1 aliphatic rings. The Hall–Kier alpha value is -3.02. The maximum absolute atomic E-state index is 11.8. The third-order valence-electron chi connectivity index (χ3n) is 4.76. The summed E-state index contributed by atoms with van der Waals surface area (Å²) in [6.45, 7) is 6.66. The summed E-state index contributed by atoms with van der Waals surface area (Å²) < 4.78 is 7.28. The Morgan fingerprint density at radius 1 is 1.23 bits per heavy atom. The second-order valence-electron chi connectivity index (χ2n) is 6.43. The first-order chi connectivity index (χ1) is 12.7. The number of aromatic nitrogens is 2. The van der Waals surface area contributed by atoms with E-state index in [0.717, 1.165) is 47.9 Å². The molecule has 1 aromatic heterocycles. The number of ether oxygens (including phenoxy) is 1. The van der Waals surface area contributed by atoms with E-state index < -0.39 is 6.09 Å². The molecule has 0 aliphatic carbocycles. The average molecular weight is 350 g/mol. The van der Waals surface area contributed by atoms with Gasteiger partial charge in [0.1, 0.15) is 5.82 Å². The zero-order valence-corrected chi connectivity index (χ0v) is 15.0. The fourth-order valence-corrected chi connectivity index (χ4v) is 3.40. The van der Waals surface area contributed by atoms with Crippen LogP contribution in [0, 0.1) is 6.92 Å². The molecule has 0 unspecified atom stereocenters. The third-order valence-corrected chi connectivity index (χ3v) is 4.76. The molecule has 0 saturated heterocycles. The predicted molar refractivity (Wildman–Crippen MR) is 103 cm³/mol. The zero-order chi connectivity index (χ0) is 18.1. The first-order valence-corrected chi connectivity index (χ1v) is 8.89. The highest BCUT2D eigenvalue weighted by atomic mass is 16.5. The van der Waals surface area contributed by atoms with E-state index in [2.05, 4.69) is 39.0 Å². The second-order valence-corrected chi connectivity index (χ2v) is 6.43. The van der Waals surface area contributed by atoms with Gasteiger partial charge in [-0.25, -0.2) is 9.78 Å². The smallest absolute Gasteiger partial charge is 0.411 e. The zero-order valence-electron chi connectivity index (χ0n) is 15.0. The first kappa shape index (κ1) is 16.4. The van der Waals surface area contributed by atoms with Gasteiger partial charge in [-0.1, -0.05) is 18.2 Å². The number of carbonyl (C=O) groups is 1. The van der Waals surface area contributed by atoms with E-state index in [1.165, 1.54) is 5.52 Å². The van der Waals surface area contributed by atoms with Crippen LogP contribution in [0.5, 0.6) is 0 Å². The Morgan fingerprint density at radius 2 is 2.08 bits per heavy atom. The largest absolute Gasteiger partial charge is 0.450 e. The predicted octanol–water partition coefficient (Wildman–Crippen LogP) is 3.93. The number of aryl methyl sites for hydroxylation is 1. The molecule has 1 amide bonds. The summed E-state index contributed by atoms with van der Waals surface area (Å²) in [5, 5.41) is 2.82. The molecule has 0 fully saturated rings. The van der Waals surface area contributed by atoms with Gasteiger partial charge in [0.25, 0.3) is 0 Å². The number of anilines is 2. The summed E-state index contributed by atoms with van der Waals surface area (Å²) in [5.74, 6) is 1.07. The molecule has 2 heterocycles. The number of amides is 1. The van der Waals surface area contributed by atoms with Crippen LogP contribution in [0.3, 0.4) is 0 Å². The Morgan fingerprint density at radius 3 is 2.92 bits per heavy atom. The number of benzene rings is 2. The van der Waals surface area contributed by atoms with Crippen molar-refractivity contribution in [2.75, 3.05) is 23.4 Å². The fraction of sp³-hybridized carbons (Fsp3) is 0.300. The Kier molecular flexibility index (Phi) is 4.24. The van der Waals surface area contributed by atoms with Crippen molar-refractivity contribution in [2.45, 2.75) is 26.9 Å². The van der Waals surface area contributed by atoms with Crippen LogP contribution in [0.4, 0.5) is 16.2 Å². The SMILES string of the molecule is CCOC(=O)Nc1cc(N2CCn3c(nc4ccccc43)C2)ccc1C. The van der Waals surface area contributed by atoms with Crippen molar-refractivity contribution in [1.82, 2.24) is 9.55 Å². The van der Waals surface area contributed by atoms with Crippen LogP contribution >= 0.6 is 0 Å². The van der Waals surface area contributed by atoms with Crippen LogP contribution in [0.25, 0.3) is 11.0 Å². The molecule has 26 heavy (non-hydrogen) atoms. The summed E-state index contributed by atoms with van der Waals surface area (Å²) in [6, 6.07) is 14.4. The number of para-hydroxylation sites is 2. The van der Waals surface area contributed by atoms with Gasteiger partial charge in [0, 0.05) is 24.5 Å². The molecule has 0 atom stereocenters. The number of carbonyl (C=O) groups excluding carboxylic acids is 1. The van der Waals surface area contributed by atoms with Crippen molar-refractivity contribution in [3.63, 3.8) is 0 Å². The Bertz CT molecular complexity index is 964. The molecule has 2 aromatic carbocycles. The van der Waals surface area contributed by atoms with Crippen LogP contribution in [-0.2, 0) is 17.8 Å². The standard InChI is InChI=1S/C20H22N4O2/c1-3-26-20(25)22-17-12-15(9-8-14(17)2)23-10-11-24-18-7-5-4-6-16(18)21-19(24)13-23/h4-9,12H,3,10-11,13H2,1-2H3,(H,22,25). The lowest BCUT2D eigenvalue weighted by molar-refractivity contribution is 0.168. The number of fused-ring (bicyclic) bond motifs is 3. The van der Waals surface area contributed by atoms with Crippen molar-refractivity contribution in [2.24, 2.45) is 0 Å². The number of nitrogens with zero attached hydrogens (tertiary/aromatic N) is 3. The molecule has 0 spiro atoms. The summed E-state index contributed by atoms with van der Waals surface area (Å²) >= 11 is 0. The Labute approximate surface area is 152 Å². The van der Waals surface area contributed by atoms with Gasteiger partial charge in [0.15, 0.2) is 0 Å². The van der Waals surface area contributed by atoms with Gasteiger partial charge in [0.2, 0.25) is 0 Å². The van der Waals surface area contributed by atoms with Crippen molar-refractivity contribution in [1.29, 1.82) is 0 Å². The first-order valence-electron chi connectivity index (χ1n) is 8.89. The van der Waals surface area contributed by atoms with Crippen LogP contribution in [-0.4, -0.2) is 28.8 Å². The minimum atomic E-state index is -0.423. The van der Waals surface area contributed by atoms with Crippen molar-refractivity contribution >= 4 is 28.5 Å². The van der Waals surface area contributed by atoms with Gasteiger partial charge in [-0.15, -0.1) is 0 Å². The summed E-state index contributed by atoms with van der Waals surface area (Å²) in [6.07, 6.45) is -0.423. The molecular formula is C20H22N4O2. The second kappa shape index (κ2) is 6.71. The lowest BCUT2D eigenvalue weighted by atomic mass is 10.1. The lowest BCUT2D eigenvalue weighted by Crippen LogP contribution is -2.33. The van der Waals surface area contributed by atoms with Crippen molar-refractivity contribution < 1.29 is 9.53 Å². The minimum absolute atomic E-state index is 0.354. The number of hydrogen-bond donors (Lipinski definition) is 1. The van der Waals surface area contributed by atoms with Crippen LogP contribution < -0.4 is 10.2 Å². The molecule has 4 rings (SSSR count). The maximum atomic E-state index is 11.8. The number of rotatable bonds is 3. The normalized spacial score (nSPS) is 13.5. The number of hydrogen-bond acceptors (Lipinski definition) is 4. The van der Waals surface area contributed by atoms with Gasteiger partial charge < -0.3 is 14.2 Å². The topological polar surface area (TPSA) is 59.4 Å². The van der Waals surface area contributed by atoms with Gasteiger partial charge in [0.05, 0.1) is 24.2 Å². The highest BCUT2D eigenvalue weighted by Crippen LogP contribution is 2.28. The van der Waals surface area contributed by atoms with Crippen molar-refractivity contribution in [3.8, 4) is 0 Å². The Balaban J connectivity index is 1.59. The molecule has 0 radical (unpaired) electrons. The summed E-state index contributed by atoms with van der Waals surface area (Å²) in [4.78, 5) is 18.8. The molecule has 0 bridgehead atoms. The van der Waals surface area contributed by atoms with E-state index in [0.29, 0.717) is 6.61 Å². The fourth-order valence-electron chi connectivity index (χ4n) is 3.40. The average Bonchev–Trinajstić information content (AvgIpc) is 3.01. The van der Waals surface area contributed by atoms with Gasteiger partial charge in [-0.05, 0) is 43.7 Å². The minimum Gasteiger partial charge on any atom is -0.450 e. The molecule has 1 aliphatic heterocycles. The van der Waals surface area contributed by atoms with Crippen molar-refractivity contribution in [3.05, 3.63) is 53.9 Å². The molecular weight excluding hydrogens is 328 g/mol. The van der Waals surface area contributed by atoms with E-state index in [-0.39, 0.29) is 0 Å². The van der Waals surface area contributed by atoms with E-state index >= 15 is 0 Å². The van der Waals surface area contributed by atoms with E-state index in [1.54, 1.807) is 6.92 Å². The molecule has 3 aromatic rings. The van der Waals surface area contributed by atoms with Crippen LogP contribution in [0.1, 0.15) is 18.3 Å². The summed E-state index contributed by atoms with van der Waals surface area (Å²) in [5.41, 5.74) is 5.08. The van der Waals surface area contributed by atoms with E-state index in [1.807, 2.05) is 25.1 Å². The summed E-state index contributed by atoms with van der Waals surface area (Å²) in [7, 11) is 0. The molecule has 6 nitrogen and oxygen atoms in total. The van der Waals surface area contributed by atoms with Gasteiger partial charge in [-0.2, -0.15) is 0 Å². The number of imidazole rings is 1. The van der Waals surface area contributed by atoms with Crippen LogP contribution in [0.15, 0.2) is 42.5 Å². The van der Waals surface area contributed by atoms with Crippen LogP contribution in [0.2, 0.25) is 0 Å². The molecule has 6 heteroatoms. The highest BCUT2D eigenvalue weighted by molar-refractivity contribution is 5.86. The molecule has 0 saturated carbocycles. The van der Waals surface area contributed by atoms with E-state index in [9.17, 15) is 4.79 Å².